The number of hydrogen-bond donors (Lipinski definition) is 2. The maximum Gasteiger partial charge on any atom is 0.269 e. The molecule has 3 N–H and O–H groups in total. The van der Waals surface area contributed by atoms with E-state index < -0.39 is 5.91 Å². The molecule has 26 heavy (non-hydrogen) atoms. The number of aromatic nitrogens is 5. The van der Waals surface area contributed by atoms with Crippen molar-refractivity contribution < 1.29 is 4.79 Å². The molecule has 0 bridgehead atoms. The van der Waals surface area contributed by atoms with Gasteiger partial charge in [0.1, 0.15) is 18.0 Å². The molecule has 3 aromatic heterocycles. The maximum atomic E-state index is 11.0. The SMILES string of the molecule is NC(=O)c1ccc(NCc2ccc(-n3cnc4ccccc43)nc2)nn1. The number of pyridine rings is 1. The van der Waals surface area contributed by atoms with Gasteiger partial charge >= 0.3 is 0 Å². The number of fused-ring (bicyclic) bond motifs is 1. The molecule has 1 amide bonds. The second kappa shape index (κ2) is 6.60. The van der Waals surface area contributed by atoms with E-state index in [4.69, 9.17) is 5.73 Å². The number of hydrogen-bond acceptors (Lipinski definition) is 6. The number of rotatable bonds is 5. The van der Waals surface area contributed by atoms with E-state index in [0.717, 1.165) is 22.4 Å². The van der Waals surface area contributed by atoms with Crippen LogP contribution in [0.3, 0.4) is 0 Å². The van der Waals surface area contributed by atoms with E-state index in [1.54, 1.807) is 18.6 Å². The van der Waals surface area contributed by atoms with E-state index in [9.17, 15) is 4.79 Å². The van der Waals surface area contributed by atoms with Gasteiger partial charge in [-0.15, -0.1) is 10.2 Å². The molecule has 1 aromatic carbocycles. The minimum atomic E-state index is -0.601. The van der Waals surface area contributed by atoms with Gasteiger partial charge < -0.3 is 11.1 Å². The summed E-state index contributed by atoms with van der Waals surface area (Å²) >= 11 is 0. The Morgan fingerprint density at radius 1 is 1.04 bits per heavy atom. The molecule has 0 aliphatic heterocycles. The van der Waals surface area contributed by atoms with Gasteiger partial charge in [0.15, 0.2) is 5.69 Å². The van der Waals surface area contributed by atoms with Crippen LogP contribution in [0.5, 0.6) is 0 Å². The summed E-state index contributed by atoms with van der Waals surface area (Å²) in [7, 11) is 0. The highest BCUT2D eigenvalue weighted by molar-refractivity contribution is 5.90. The molecule has 0 unspecified atom stereocenters. The minimum absolute atomic E-state index is 0.133. The normalized spacial score (nSPS) is 10.8. The number of imidazole rings is 1. The van der Waals surface area contributed by atoms with Crippen LogP contribution in [-0.4, -0.2) is 30.6 Å². The zero-order chi connectivity index (χ0) is 17.9. The van der Waals surface area contributed by atoms with E-state index in [-0.39, 0.29) is 5.69 Å². The van der Waals surface area contributed by atoms with Gasteiger partial charge in [0, 0.05) is 12.7 Å². The van der Waals surface area contributed by atoms with Gasteiger partial charge in [-0.05, 0) is 35.9 Å². The van der Waals surface area contributed by atoms with Crippen LogP contribution in [0, 0.1) is 0 Å². The predicted octanol–water partition coefficient (Wildman–Crippen LogP) is 1.92. The fourth-order valence-electron chi connectivity index (χ4n) is 2.56. The first-order valence-corrected chi connectivity index (χ1v) is 7.95. The van der Waals surface area contributed by atoms with Crippen molar-refractivity contribution in [1.29, 1.82) is 0 Å². The monoisotopic (exact) mass is 345 g/mol. The molecule has 3 heterocycles. The zero-order valence-corrected chi connectivity index (χ0v) is 13.7. The third kappa shape index (κ3) is 3.07. The average molecular weight is 345 g/mol. The summed E-state index contributed by atoms with van der Waals surface area (Å²) in [6.07, 6.45) is 3.56. The Morgan fingerprint density at radius 3 is 2.65 bits per heavy atom. The number of carbonyl (C=O) groups is 1. The van der Waals surface area contributed by atoms with Crippen molar-refractivity contribution in [1.82, 2.24) is 24.7 Å². The molecule has 4 aromatic rings. The van der Waals surface area contributed by atoms with Gasteiger partial charge in [0.05, 0.1) is 11.0 Å². The van der Waals surface area contributed by atoms with Crippen molar-refractivity contribution in [2.45, 2.75) is 6.54 Å². The summed E-state index contributed by atoms with van der Waals surface area (Å²) in [5, 5.41) is 10.8. The molecule has 8 nitrogen and oxygen atoms in total. The number of para-hydroxylation sites is 2. The van der Waals surface area contributed by atoms with E-state index >= 15 is 0 Å². The van der Waals surface area contributed by atoms with Crippen LogP contribution in [-0.2, 0) is 6.54 Å². The van der Waals surface area contributed by atoms with E-state index in [0.29, 0.717) is 12.4 Å². The lowest BCUT2D eigenvalue weighted by Gasteiger charge is -2.07. The van der Waals surface area contributed by atoms with Crippen molar-refractivity contribution in [3.05, 3.63) is 72.3 Å². The summed E-state index contributed by atoms with van der Waals surface area (Å²) in [4.78, 5) is 19.9. The third-order valence-electron chi connectivity index (χ3n) is 3.90. The van der Waals surface area contributed by atoms with Crippen LogP contribution in [0.1, 0.15) is 16.1 Å². The molecule has 0 aliphatic carbocycles. The largest absolute Gasteiger partial charge is 0.364 e. The fraction of sp³-hybridized carbons (Fsp3) is 0.0556. The number of nitrogens with two attached hydrogens (primary N) is 1. The topological polar surface area (TPSA) is 112 Å². The molecule has 0 atom stereocenters. The third-order valence-corrected chi connectivity index (χ3v) is 3.90. The van der Waals surface area contributed by atoms with Gasteiger partial charge in [0.25, 0.3) is 5.91 Å². The first kappa shape index (κ1) is 15.7. The fourth-order valence-corrected chi connectivity index (χ4v) is 2.56. The molecule has 0 aliphatic rings. The highest BCUT2D eigenvalue weighted by Gasteiger charge is 2.06. The van der Waals surface area contributed by atoms with Crippen LogP contribution < -0.4 is 11.1 Å². The number of benzene rings is 1. The summed E-state index contributed by atoms with van der Waals surface area (Å²) < 4.78 is 1.95. The van der Waals surface area contributed by atoms with Crippen molar-refractivity contribution in [2.75, 3.05) is 5.32 Å². The van der Waals surface area contributed by atoms with E-state index in [2.05, 4.69) is 25.5 Å². The first-order chi connectivity index (χ1) is 12.7. The Morgan fingerprint density at radius 2 is 1.92 bits per heavy atom. The summed E-state index contributed by atoms with van der Waals surface area (Å²) in [5.41, 5.74) is 8.20. The number of carbonyl (C=O) groups excluding carboxylic acids is 1. The Labute approximate surface area is 148 Å². The predicted molar refractivity (Wildman–Crippen MR) is 96.7 cm³/mol. The molecule has 0 fully saturated rings. The van der Waals surface area contributed by atoms with Gasteiger partial charge in [-0.3, -0.25) is 9.36 Å². The van der Waals surface area contributed by atoms with Crippen LogP contribution in [0.15, 0.2) is 61.1 Å². The molecule has 128 valence electrons. The lowest BCUT2D eigenvalue weighted by molar-refractivity contribution is 0.0994. The molecular weight excluding hydrogens is 330 g/mol. The lowest BCUT2D eigenvalue weighted by Crippen LogP contribution is -2.14. The Kier molecular flexibility index (Phi) is 3.98. The standard InChI is InChI=1S/C18H15N7O/c19-18(26)14-6-7-16(24-23-14)20-9-12-5-8-17(21-10-12)25-11-22-13-3-1-2-4-15(13)25/h1-8,10-11H,9H2,(H2,19,26)(H,20,24). The van der Waals surface area contributed by atoms with E-state index in [1.807, 2.05) is 41.0 Å². The molecule has 0 saturated carbocycles. The average Bonchev–Trinajstić information content (AvgIpc) is 3.11. The van der Waals surface area contributed by atoms with Crippen LogP contribution >= 0.6 is 0 Å². The molecule has 0 saturated heterocycles. The molecule has 8 heteroatoms. The molecular formula is C18H15N7O. The first-order valence-electron chi connectivity index (χ1n) is 7.95. The van der Waals surface area contributed by atoms with E-state index in [1.165, 1.54) is 6.07 Å². The second-order valence-corrected chi connectivity index (χ2v) is 5.65. The molecule has 4 rings (SSSR count). The Hall–Kier alpha value is -3.81. The van der Waals surface area contributed by atoms with Crippen molar-refractivity contribution in [3.8, 4) is 5.82 Å². The quantitative estimate of drug-likeness (QED) is 0.571. The number of nitrogens with one attached hydrogen (secondary N) is 1. The smallest absolute Gasteiger partial charge is 0.269 e. The summed E-state index contributed by atoms with van der Waals surface area (Å²) in [5.74, 6) is 0.753. The Bertz CT molecular complexity index is 1060. The van der Waals surface area contributed by atoms with Gasteiger partial charge in [-0.2, -0.15) is 0 Å². The van der Waals surface area contributed by atoms with Crippen molar-refractivity contribution >= 4 is 22.8 Å². The van der Waals surface area contributed by atoms with Crippen LogP contribution in [0.4, 0.5) is 5.82 Å². The van der Waals surface area contributed by atoms with Crippen LogP contribution in [0.2, 0.25) is 0 Å². The number of primary amides is 1. The maximum absolute atomic E-state index is 11.0. The molecule has 0 spiro atoms. The highest BCUT2D eigenvalue weighted by Crippen LogP contribution is 2.16. The summed E-state index contributed by atoms with van der Waals surface area (Å²) in [6.45, 7) is 0.530. The Balaban J connectivity index is 1.47. The number of nitrogens with zero attached hydrogens (tertiary/aromatic N) is 5. The summed E-state index contributed by atoms with van der Waals surface area (Å²) in [6, 6.07) is 15.0. The second-order valence-electron chi connectivity index (χ2n) is 5.65. The zero-order valence-electron chi connectivity index (χ0n) is 13.7. The van der Waals surface area contributed by atoms with Crippen molar-refractivity contribution in [2.24, 2.45) is 5.73 Å². The van der Waals surface area contributed by atoms with Gasteiger partial charge in [-0.25, -0.2) is 9.97 Å². The highest BCUT2D eigenvalue weighted by atomic mass is 16.1. The molecule has 0 radical (unpaired) electrons. The number of anilines is 1. The minimum Gasteiger partial charge on any atom is -0.364 e. The van der Waals surface area contributed by atoms with Gasteiger partial charge in [-0.1, -0.05) is 18.2 Å². The van der Waals surface area contributed by atoms with Crippen molar-refractivity contribution in [3.63, 3.8) is 0 Å². The van der Waals surface area contributed by atoms with Crippen LogP contribution in [0.25, 0.3) is 16.9 Å². The van der Waals surface area contributed by atoms with Gasteiger partial charge in [0.2, 0.25) is 0 Å². The number of amides is 1. The lowest BCUT2D eigenvalue weighted by atomic mass is 10.2.